The van der Waals surface area contributed by atoms with Gasteiger partial charge in [0.15, 0.2) is 5.65 Å². The second-order valence-electron chi connectivity index (χ2n) is 3.76. The van der Waals surface area contributed by atoms with Crippen molar-refractivity contribution in [2.24, 2.45) is 0 Å². The number of fused-ring (bicyclic) bond motifs is 1. The van der Waals surface area contributed by atoms with E-state index in [0.29, 0.717) is 11.6 Å². The highest BCUT2D eigenvalue weighted by molar-refractivity contribution is 9.10. The Kier molecular flexibility index (Phi) is 3.79. The molecule has 3 aromatic heterocycles. The molecule has 0 aliphatic carbocycles. The first-order chi connectivity index (χ1) is 9.78. The molecule has 0 amide bonds. The lowest BCUT2D eigenvalue weighted by Crippen LogP contribution is -2.02. The molecular formula is C11H10BrN7S. The molecule has 0 radical (unpaired) electrons. The van der Waals surface area contributed by atoms with Crippen molar-refractivity contribution in [3.05, 3.63) is 23.3 Å². The van der Waals surface area contributed by atoms with Gasteiger partial charge in [0.25, 0.3) is 0 Å². The maximum absolute atomic E-state index is 4.45. The summed E-state index contributed by atoms with van der Waals surface area (Å²) in [6.45, 7) is 2.76. The largest absolute Gasteiger partial charge is 0.354 e. The number of aromatic nitrogens is 6. The minimum absolute atomic E-state index is 0.591. The number of imidazole rings is 1. The van der Waals surface area contributed by atoms with E-state index in [2.05, 4.69) is 51.2 Å². The Labute approximate surface area is 127 Å². The number of rotatable bonds is 4. The fraction of sp³-hybridized carbons (Fsp3) is 0.182. The van der Waals surface area contributed by atoms with Crippen molar-refractivity contribution in [1.29, 1.82) is 0 Å². The van der Waals surface area contributed by atoms with Crippen LogP contribution in [0.25, 0.3) is 11.2 Å². The first-order valence-electron chi connectivity index (χ1n) is 5.86. The molecule has 0 spiro atoms. The van der Waals surface area contributed by atoms with Gasteiger partial charge in [-0.15, -0.1) is 0 Å². The Morgan fingerprint density at radius 3 is 3.00 bits per heavy atom. The summed E-state index contributed by atoms with van der Waals surface area (Å²) in [6, 6.07) is 0. The monoisotopic (exact) mass is 351 g/mol. The van der Waals surface area contributed by atoms with E-state index in [0.717, 1.165) is 26.6 Å². The summed E-state index contributed by atoms with van der Waals surface area (Å²) in [5.41, 5.74) is 1.44. The van der Waals surface area contributed by atoms with Gasteiger partial charge in [0.2, 0.25) is 5.95 Å². The summed E-state index contributed by atoms with van der Waals surface area (Å²) in [4.78, 5) is 24.1. The van der Waals surface area contributed by atoms with E-state index >= 15 is 0 Å². The first kappa shape index (κ1) is 13.3. The van der Waals surface area contributed by atoms with Gasteiger partial charge in [-0.3, -0.25) is 0 Å². The number of hydrogen-bond acceptors (Lipinski definition) is 7. The molecule has 0 saturated carbocycles. The molecule has 20 heavy (non-hydrogen) atoms. The molecule has 0 bridgehead atoms. The lowest BCUT2D eigenvalue weighted by Gasteiger charge is -2.06. The number of nitrogens with zero attached hydrogens (tertiary/aromatic N) is 5. The molecule has 3 heterocycles. The van der Waals surface area contributed by atoms with Gasteiger partial charge in [0.1, 0.15) is 21.9 Å². The molecule has 0 saturated heterocycles. The van der Waals surface area contributed by atoms with E-state index in [1.165, 1.54) is 18.1 Å². The highest BCUT2D eigenvalue weighted by Gasteiger charge is 2.12. The molecule has 0 unspecified atom stereocenters. The van der Waals surface area contributed by atoms with Crippen LogP contribution < -0.4 is 5.32 Å². The maximum atomic E-state index is 4.45. The fourth-order valence-corrected chi connectivity index (χ4v) is 2.83. The van der Waals surface area contributed by atoms with Crippen molar-refractivity contribution in [2.75, 3.05) is 11.9 Å². The molecule has 7 nitrogen and oxygen atoms in total. The Morgan fingerprint density at radius 1 is 1.25 bits per heavy atom. The standard InChI is InChI=1S/C11H10BrN7S/c1-2-13-11-14-3-6(12)9(19-11)20-10-7-8(16-4-15-7)17-5-18-10/h3-5H,2H2,1H3,(H,13,14,19)(H,15,16,17,18). The molecular weight excluding hydrogens is 342 g/mol. The summed E-state index contributed by atoms with van der Waals surface area (Å²) < 4.78 is 0.815. The van der Waals surface area contributed by atoms with Crippen molar-refractivity contribution in [3.63, 3.8) is 0 Å². The number of nitrogens with one attached hydrogen (secondary N) is 2. The topological polar surface area (TPSA) is 92.3 Å². The number of aromatic amines is 1. The van der Waals surface area contributed by atoms with Gasteiger partial charge in [-0.25, -0.2) is 24.9 Å². The third-order valence-electron chi connectivity index (χ3n) is 2.43. The van der Waals surface area contributed by atoms with Crippen LogP contribution in [0.15, 0.2) is 33.4 Å². The summed E-state index contributed by atoms with van der Waals surface area (Å²) in [5.74, 6) is 0.591. The highest BCUT2D eigenvalue weighted by atomic mass is 79.9. The van der Waals surface area contributed by atoms with Crippen LogP contribution in [0.4, 0.5) is 5.95 Å². The van der Waals surface area contributed by atoms with E-state index in [4.69, 9.17) is 0 Å². The molecule has 102 valence electrons. The molecule has 2 N–H and O–H groups in total. The van der Waals surface area contributed by atoms with Crippen LogP contribution in [0.2, 0.25) is 0 Å². The summed E-state index contributed by atoms with van der Waals surface area (Å²) >= 11 is 4.88. The number of hydrogen-bond donors (Lipinski definition) is 2. The van der Waals surface area contributed by atoms with Gasteiger partial charge in [-0.05, 0) is 34.6 Å². The minimum atomic E-state index is 0.591. The Balaban J connectivity index is 1.98. The highest BCUT2D eigenvalue weighted by Crippen LogP contribution is 2.33. The van der Waals surface area contributed by atoms with Gasteiger partial charge in [0, 0.05) is 12.7 Å². The van der Waals surface area contributed by atoms with Gasteiger partial charge < -0.3 is 10.3 Å². The minimum Gasteiger partial charge on any atom is -0.354 e. The van der Waals surface area contributed by atoms with Crippen LogP contribution in [0, 0.1) is 0 Å². The zero-order valence-corrected chi connectivity index (χ0v) is 12.9. The predicted molar refractivity (Wildman–Crippen MR) is 79.7 cm³/mol. The smallest absolute Gasteiger partial charge is 0.223 e. The van der Waals surface area contributed by atoms with Crippen LogP contribution in [0.3, 0.4) is 0 Å². The van der Waals surface area contributed by atoms with Gasteiger partial charge in [-0.2, -0.15) is 0 Å². The van der Waals surface area contributed by atoms with E-state index in [1.54, 1.807) is 12.5 Å². The molecule has 0 fully saturated rings. The maximum Gasteiger partial charge on any atom is 0.223 e. The number of halogens is 1. The zero-order valence-electron chi connectivity index (χ0n) is 10.5. The average Bonchev–Trinajstić information content (AvgIpc) is 2.92. The lowest BCUT2D eigenvalue weighted by atomic mass is 10.6. The third kappa shape index (κ3) is 2.59. The van der Waals surface area contributed by atoms with Crippen molar-refractivity contribution >= 4 is 44.8 Å². The second-order valence-corrected chi connectivity index (χ2v) is 5.59. The molecule has 9 heteroatoms. The number of anilines is 1. The molecule has 0 aromatic carbocycles. The third-order valence-corrected chi connectivity index (χ3v) is 4.28. The zero-order chi connectivity index (χ0) is 13.9. The Bertz CT molecular complexity index is 744. The molecule has 3 rings (SSSR count). The SMILES string of the molecule is CCNc1ncc(Br)c(Sc2ncnc3nc[nH]c23)n1. The van der Waals surface area contributed by atoms with E-state index in [9.17, 15) is 0 Å². The quantitative estimate of drug-likeness (QED) is 0.697. The second kappa shape index (κ2) is 5.71. The van der Waals surface area contributed by atoms with Crippen molar-refractivity contribution in [2.45, 2.75) is 17.0 Å². The van der Waals surface area contributed by atoms with Crippen molar-refractivity contribution < 1.29 is 0 Å². The Morgan fingerprint density at radius 2 is 2.15 bits per heavy atom. The van der Waals surface area contributed by atoms with Crippen LogP contribution in [-0.4, -0.2) is 36.4 Å². The van der Waals surface area contributed by atoms with Crippen LogP contribution >= 0.6 is 27.7 Å². The summed E-state index contributed by atoms with van der Waals surface area (Å²) in [7, 11) is 0. The average molecular weight is 352 g/mol. The number of H-pyrrole nitrogens is 1. The van der Waals surface area contributed by atoms with Crippen LogP contribution in [-0.2, 0) is 0 Å². The van der Waals surface area contributed by atoms with Crippen molar-refractivity contribution in [1.82, 2.24) is 29.9 Å². The van der Waals surface area contributed by atoms with E-state index < -0.39 is 0 Å². The van der Waals surface area contributed by atoms with E-state index in [1.807, 2.05) is 6.92 Å². The normalized spacial score (nSPS) is 10.9. The lowest BCUT2D eigenvalue weighted by molar-refractivity contribution is 0.993. The molecule has 0 aliphatic rings. The molecule has 3 aromatic rings. The Hall–Kier alpha value is -1.74. The molecule has 0 atom stereocenters. The summed E-state index contributed by atoms with van der Waals surface area (Å²) in [6.07, 6.45) is 4.81. The fourth-order valence-electron chi connectivity index (χ4n) is 1.58. The van der Waals surface area contributed by atoms with Crippen LogP contribution in [0.5, 0.6) is 0 Å². The van der Waals surface area contributed by atoms with Gasteiger partial charge in [0.05, 0.1) is 10.8 Å². The van der Waals surface area contributed by atoms with Gasteiger partial charge >= 0.3 is 0 Å². The van der Waals surface area contributed by atoms with Gasteiger partial charge in [-0.1, -0.05) is 0 Å². The summed E-state index contributed by atoms with van der Waals surface area (Å²) in [5, 5.41) is 4.64. The van der Waals surface area contributed by atoms with Crippen LogP contribution in [0.1, 0.15) is 6.92 Å². The predicted octanol–water partition coefficient (Wildman–Crippen LogP) is 2.49. The van der Waals surface area contributed by atoms with Crippen molar-refractivity contribution in [3.8, 4) is 0 Å². The van der Waals surface area contributed by atoms with E-state index in [-0.39, 0.29) is 0 Å². The first-order valence-corrected chi connectivity index (χ1v) is 7.47. The molecule has 0 aliphatic heterocycles.